The first-order chi connectivity index (χ1) is 9.24. The molecule has 3 heterocycles. The quantitative estimate of drug-likeness (QED) is 0.775. The van der Waals surface area contributed by atoms with Crippen LogP contribution in [0.1, 0.15) is 0 Å². The maximum absolute atomic E-state index is 5.97. The minimum atomic E-state index is 0.160. The molecular formula is C10H12ClN7O. The molecule has 3 rings (SSSR count). The summed E-state index contributed by atoms with van der Waals surface area (Å²) in [7, 11) is 1.77. The highest BCUT2D eigenvalue weighted by Gasteiger charge is 2.17. The zero-order chi connectivity index (χ0) is 13.2. The van der Waals surface area contributed by atoms with Crippen LogP contribution in [0, 0.1) is 0 Å². The van der Waals surface area contributed by atoms with Gasteiger partial charge >= 0.3 is 0 Å². The van der Waals surface area contributed by atoms with Crippen LogP contribution < -0.4 is 4.90 Å². The number of rotatable bonds is 2. The van der Waals surface area contributed by atoms with E-state index in [9.17, 15) is 0 Å². The van der Waals surface area contributed by atoms with Gasteiger partial charge in [-0.15, -0.1) is 5.10 Å². The number of hydrogen-bond acceptors (Lipinski definition) is 7. The second-order valence-corrected chi connectivity index (χ2v) is 4.41. The molecule has 0 aromatic carbocycles. The van der Waals surface area contributed by atoms with Gasteiger partial charge in [-0.3, -0.25) is 0 Å². The van der Waals surface area contributed by atoms with E-state index in [-0.39, 0.29) is 5.28 Å². The Kier molecular flexibility index (Phi) is 3.26. The molecule has 9 heteroatoms. The number of hydrogen-bond donors (Lipinski definition) is 0. The predicted octanol–water partition coefficient (Wildman–Crippen LogP) is 0.157. The molecular weight excluding hydrogens is 270 g/mol. The van der Waals surface area contributed by atoms with E-state index in [1.807, 2.05) is 4.90 Å². The van der Waals surface area contributed by atoms with Crippen molar-refractivity contribution < 1.29 is 4.74 Å². The average molecular weight is 282 g/mol. The van der Waals surface area contributed by atoms with Gasteiger partial charge in [0.15, 0.2) is 5.82 Å². The van der Waals surface area contributed by atoms with Gasteiger partial charge in [-0.25, -0.2) is 4.68 Å². The van der Waals surface area contributed by atoms with Gasteiger partial charge < -0.3 is 9.64 Å². The Balaban J connectivity index is 1.98. The Hall–Kier alpha value is -1.80. The molecule has 8 nitrogen and oxygen atoms in total. The van der Waals surface area contributed by atoms with E-state index in [0.717, 1.165) is 13.1 Å². The zero-order valence-corrected chi connectivity index (χ0v) is 11.1. The van der Waals surface area contributed by atoms with Crippen LogP contribution in [-0.2, 0) is 11.8 Å². The minimum Gasteiger partial charge on any atom is -0.378 e. The summed E-state index contributed by atoms with van der Waals surface area (Å²) in [6, 6.07) is 0. The second kappa shape index (κ2) is 5.06. The van der Waals surface area contributed by atoms with Crippen molar-refractivity contribution in [1.29, 1.82) is 0 Å². The van der Waals surface area contributed by atoms with Crippen molar-refractivity contribution in [3.63, 3.8) is 0 Å². The van der Waals surface area contributed by atoms with Crippen molar-refractivity contribution >= 4 is 17.5 Å². The summed E-state index contributed by atoms with van der Waals surface area (Å²) in [5, 5.41) is 7.82. The Morgan fingerprint density at radius 2 is 2.00 bits per heavy atom. The summed E-state index contributed by atoms with van der Waals surface area (Å²) in [5.74, 6) is 1.02. The fraction of sp³-hybridized carbons (Fsp3) is 0.500. The SMILES string of the molecule is Cn1nncc1-c1nc(Cl)nc(N2CCOCC2)n1. The third kappa shape index (κ3) is 2.49. The first-order valence-electron chi connectivity index (χ1n) is 5.83. The van der Waals surface area contributed by atoms with E-state index in [1.54, 1.807) is 17.9 Å². The van der Waals surface area contributed by atoms with Crippen LogP contribution in [0.25, 0.3) is 11.5 Å². The Labute approximate surface area is 114 Å². The number of aryl methyl sites for hydroxylation is 1. The van der Waals surface area contributed by atoms with Crippen LogP contribution in [-0.4, -0.2) is 56.2 Å². The lowest BCUT2D eigenvalue weighted by atomic mass is 10.4. The molecule has 1 saturated heterocycles. The summed E-state index contributed by atoms with van der Waals surface area (Å²) in [5.41, 5.74) is 0.693. The fourth-order valence-electron chi connectivity index (χ4n) is 1.85. The van der Waals surface area contributed by atoms with E-state index in [4.69, 9.17) is 16.3 Å². The van der Waals surface area contributed by atoms with Crippen molar-refractivity contribution in [3.05, 3.63) is 11.5 Å². The number of anilines is 1. The molecule has 0 bridgehead atoms. The van der Waals surface area contributed by atoms with Crippen molar-refractivity contribution in [2.75, 3.05) is 31.2 Å². The summed E-state index contributed by atoms with van der Waals surface area (Å²) < 4.78 is 6.90. The smallest absolute Gasteiger partial charge is 0.230 e. The highest BCUT2D eigenvalue weighted by molar-refractivity contribution is 6.28. The summed E-state index contributed by atoms with van der Waals surface area (Å²) in [4.78, 5) is 14.7. The molecule has 0 radical (unpaired) electrons. The lowest BCUT2D eigenvalue weighted by Crippen LogP contribution is -2.37. The van der Waals surface area contributed by atoms with Crippen LogP contribution in [0.3, 0.4) is 0 Å². The molecule has 0 spiro atoms. The standard InChI is InChI=1S/C10H12ClN7O/c1-17-7(6-12-16-17)8-13-9(11)15-10(14-8)18-2-4-19-5-3-18/h6H,2-5H2,1H3. The van der Waals surface area contributed by atoms with Crippen molar-refractivity contribution in [2.45, 2.75) is 0 Å². The Morgan fingerprint density at radius 1 is 1.21 bits per heavy atom. The molecule has 0 N–H and O–H groups in total. The summed E-state index contributed by atoms with van der Waals surface area (Å²) >= 11 is 5.97. The van der Waals surface area contributed by atoms with Gasteiger partial charge in [0.25, 0.3) is 0 Å². The number of morpholine rings is 1. The van der Waals surface area contributed by atoms with Gasteiger partial charge in [-0.1, -0.05) is 5.21 Å². The largest absolute Gasteiger partial charge is 0.378 e. The monoisotopic (exact) mass is 281 g/mol. The third-order valence-corrected chi connectivity index (χ3v) is 3.00. The molecule has 2 aromatic rings. The second-order valence-electron chi connectivity index (χ2n) is 4.07. The van der Waals surface area contributed by atoms with Crippen LogP contribution in [0.15, 0.2) is 6.20 Å². The number of halogens is 1. The van der Waals surface area contributed by atoms with E-state index in [0.29, 0.717) is 30.7 Å². The normalized spacial score (nSPS) is 15.8. The van der Waals surface area contributed by atoms with Gasteiger partial charge in [0.1, 0.15) is 5.69 Å². The molecule has 0 aliphatic carbocycles. The molecule has 1 aliphatic heterocycles. The average Bonchev–Trinajstić information content (AvgIpc) is 2.85. The number of aromatic nitrogens is 6. The fourth-order valence-corrected chi connectivity index (χ4v) is 2.01. The van der Waals surface area contributed by atoms with Crippen molar-refractivity contribution in [3.8, 4) is 11.5 Å². The molecule has 0 unspecified atom stereocenters. The Morgan fingerprint density at radius 3 is 2.68 bits per heavy atom. The summed E-state index contributed by atoms with van der Waals surface area (Å²) in [6.45, 7) is 2.80. The third-order valence-electron chi connectivity index (χ3n) is 2.83. The number of ether oxygens (including phenoxy) is 1. The van der Waals surface area contributed by atoms with E-state index >= 15 is 0 Å². The van der Waals surface area contributed by atoms with Crippen LogP contribution in [0.4, 0.5) is 5.95 Å². The lowest BCUT2D eigenvalue weighted by Gasteiger charge is -2.26. The highest BCUT2D eigenvalue weighted by Crippen LogP contribution is 2.18. The summed E-state index contributed by atoms with van der Waals surface area (Å²) in [6.07, 6.45) is 1.59. The van der Waals surface area contributed by atoms with Gasteiger partial charge in [0.05, 0.1) is 19.4 Å². The molecule has 0 saturated carbocycles. The van der Waals surface area contributed by atoms with Gasteiger partial charge in [0, 0.05) is 20.1 Å². The first kappa shape index (κ1) is 12.2. The molecule has 0 amide bonds. The van der Waals surface area contributed by atoms with Gasteiger partial charge in [-0.2, -0.15) is 15.0 Å². The van der Waals surface area contributed by atoms with E-state index in [2.05, 4.69) is 25.3 Å². The lowest BCUT2D eigenvalue weighted by molar-refractivity contribution is 0.122. The van der Waals surface area contributed by atoms with Crippen LogP contribution in [0.5, 0.6) is 0 Å². The maximum Gasteiger partial charge on any atom is 0.230 e. The zero-order valence-electron chi connectivity index (χ0n) is 10.3. The molecule has 100 valence electrons. The van der Waals surface area contributed by atoms with Gasteiger partial charge in [0.2, 0.25) is 11.2 Å². The van der Waals surface area contributed by atoms with Gasteiger partial charge in [-0.05, 0) is 11.6 Å². The molecule has 1 fully saturated rings. The van der Waals surface area contributed by atoms with E-state index < -0.39 is 0 Å². The highest BCUT2D eigenvalue weighted by atomic mass is 35.5. The predicted molar refractivity (Wildman–Crippen MR) is 67.9 cm³/mol. The molecule has 0 atom stereocenters. The molecule has 2 aromatic heterocycles. The van der Waals surface area contributed by atoms with Crippen molar-refractivity contribution in [2.24, 2.45) is 7.05 Å². The van der Waals surface area contributed by atoms with Crippen molar-refractivity contribution in [1.82, 2.24) is 29.9 Å². The van der Waals surface area contributed by atoms with Crippen LogP contribution in [0.2, 0.25) is 5.28 Å². The first-order valence-corrected chi connectivity index (χ1v) is 6.21. The van der Waals surface area contributed by atoms with Crippen LogP contribution >= 0.6 is 11.6 Å². The van der Waals surface area contributed by atoms with E-state index in [1.165, 1.54) is 0 Å². The molecule has 19 heavy (non-hydrogen) atoms. The maximum atomic E-state index is 5.97. The minimum absolute atomic E-state index is 0.160. The Bertz CT molecular complexity index is 581. The topological polar surface area (TPSA) is 81.9 Å². The number of nitrogens with zero attached hydrogens (tertiary/aromatic N) is 7. The molecule has 1 aliphatic rings.